The first-order valence-electron chi connectivity index (χ1n) is 7.18. The van der Waals surface area contributed by atoms with Crippen LogP contribution in [0.4, 0.5) is 0 Å². The topological polar surface area (TPSA) is 64.7 Å². The number of nitrogens with one attached hydrogen (secondary N) is 1. The van der Waals surface area contributed by atoms with Crippen LogP contribution < -0.4 is 5.32 Å². The van der Waals surface area contributed by atoms with Gasteiger partial charge in [0.25, 0.3) is 0 Å². The summed E-state index contributed by atoms with van der Waals surface area (Å²) in [4.78, 5) is 12.2. The summed E-state index contributed by atoms with van der Waals surface area (Å²) >= 11 is 9.30. The van der Waals surface area contributed by atoms with Gasteiger partial charge in [0.1, 0.15) is 6.04 Å². The lowest BCUT2D eigenvalue weighted by atomic mass is 10.2. The molecule has 0 aliphatic heterocycles. The molecule has 8 heteroatoms. The van der Waals surface area contributed by atoms with Crippen LogP contribution in [0.5, 0.6) is 0 Å². The molecule has 0 spiro atoms. The van der Waals surface area contributed by atoms with Crippen LogP contribution in [-0.2, 0) is 11.3 Å². The first-order chi connectivity index (χ1) is 10.5. The average Bonchev–Trinajstić information content (AvgIpc) is 3.03. The summed E-state index contributed by atoms with van der Waals surface area (Å²) in [6.45, 7) is 5.15. The van der Waals surface area contributed by atoms with Crippen molar-refractivity contribution >= 4 is 33.4 Å². The number of halogens is 2. The van der Waals surface area contributed by atoms with E-state index in [2.05, 4.69) is 31.4 Å². The Balaban J connectivity index is 1.79. The van der Waals surface area contributed by atoms with E-state index in [1.807, 2.05) is 20.0 Å². The van der Waals surface area contributed by atoms with Crippen LogP contribution in [0, 0.1) is 6.92 Å². The van der Waals surface area contributed by atoms with Crippen LogP contribution in [0.3, 0.4) is 0 Å². The van der Waals surface area contributed by atoms with Crippen molar-refractivity contribution in [3.05, 3.63) is 33.8 Å². The lowest BCUT2D eigenvalue weighted by Gasteiger charge is -2.15. The molecule has 1 atom stereocenters. The van der Waals surface area contributed by atoms with Crippen molar-refractivity contribution in [1.82, 2.24) is 24.9 Å². The molecule has 2 aromatic rings. The molecule has 0 aromatic carbocycles. The van der Waals surface area contributed by atoms with Gasteiger partial charge in [0.2, 0.25) is 5.91 Å². The molecular formula is C14H19BrClN5O. The monoisotopic (exact) mass is 387 g/mol. The number of amides is 1. The second-order valence-corrected chi connectivity index (χ2v) is 6.36. The Bertz CT molecular complexity index is 619. The molecule has 22 heavy (non-hydrogen) atoms. The quantitative estimate of drug-likeness (QED) is 0.742. The molecule has 1 N–H and O–H groups in total. The van der Waals surface area contributed by atoms with Gasteiger partial charge in [0, 0.05) is 25.5 Å². The van der Waals surface area contributed by atoms with E-state index in [1.165, 1.54) is 0 Å². The third-order valence-corrected chi connectivity index (χ3v) is 4.11. The lowest BCUT2D eigenvalue weighted by molar-refractivity contribution is -0.124. The van der Waals surface area contributed by atoms with E-state index in [0.29, 0.717) is 18.0 Å². The molecule has 0 radical (unpaired) electrons. The highest BCUT2D eigenvalue weighted by molar-refractivity contribution is 9.10. The highest BCUT2D eigenvalue weighted by atomic mass is 79.9. The number of rotatable bonds is 7. The maximum absolute atomic E-state index is 12.2. The molecule has 2 rings (SSSR count). The van der Waals surface area contributed by atoms with E-state index < -0.39 is 0 Å². The van der Waals surface area contributed by atoms with Crippen molar-refractivity contribution in [1.29, 1.82) is 0 Å². The molecule has 2 aromatic heterocycles. The van der Waals surface area contributed by atoms with Crippen molar-refractivity contribution in [2.24, 2.45) is 0 Å². The number of nitrogens with zero attached hydrogens (tertiary/aromatic N) is 4. The van der Waals surface area contributed by atoms with E-state index >= 15 is 0 Å². The fourth-order valence-corrected chi connectivity index (χ4v) is 2.61. The average molecular weight is 389 g/mol. The Morgan fingerprint density at radius 2 is 2.27 bits per heavy atom. The number of aryl methyl sites for hydroxylation is 2. The summed E-state index contributed by atoms with van der Waals surface area (Å²) in [5.41, 5.74) is 0.820. The number of hydrogen-bond acceptors (Lipinski definition) is 3. The fourth-order valence-electron chi connectivity index (χ4n) is 2.16. The Labute approximate surface area is 143 Å². The first-order valence-corrected chi connectivity index (χ1v) is 8.35. The molecule has 0 aliphatic carbocycles. The molecule has 0 aliphatic rings. The van der Waals surface area contributed by atoms with Crippen LogP contribution in [0.1, 0.15) is 31.5 Å². The Morgan fingerprint density at radius 3 is 2.82 bits per heavy atom. The van der Waals surface area contributed by atoms with E-state index in [9.17, 15) is 4.79 Å². The smallest absolute Gasteiger partial charge is 0.244 e. The van der Waals surface area contributed by atoms with E-state index in [1.54, 1.807) is 21.8 Å². The molecule has 0 saturated carbocycles. The minimum Gasteiger partial charge on any atom is -0.354 e. The zero-order valence-corrected chi connectivity index (χ0v) is 14.9. The second kappa shape index (κ2) is 7.78. The van der Waals surface area contributed by atoms with E-state index in [-0.39, 0.29) is 11.9 Å². The maximum Gasteiger partial charge on any atom is 0.244 e. The van der Waals surface area contributed by atoms with E-state index in [0.717, 1.165) is 23.1 Å². The van der Waals surface area contributed by atoms with Crippen LogP contribution in [-0.4, -0.2) is 32.0 Å². The summed E-state index contributed by atoms with van der Waals surface area (Å²) in [5, 5.41) is 12.1. The standard InChI is InChI=1S/C14H19BrClN5O/c1-3-13(21-8-11(15)7-18-21)14(22)17-5-4-6-20-9-12(16)10(2)19-20/h7-9,13H,3-6H2,1-2H3,(H,17,22). The highest BCUT2D eigenvalue weighted by Crippen LogP contribution is 2.15. The van der Waals surface area contributed by atoms with Gasteiger partial charge in [0.05, 0.1) is 21.4 Å². The molecule has 1 unspecified atom stereocenters. The number of hydrogen-bond donors (Lipinski definition) is 1. The van der Waals surface area contributed by atoms with Crippen LogP contribution in [0.25, 0.3) is 0 Å². The molecule has 0 fully saturated rings. The van der Waals surface area contributed by atoms with Gasteiger partial charge in [-0.2, -0.15) is 10.2 Å². The number of aromatic nitrogens is 4. The molecule has 6 nitrogen and oxygen atoms in total. The van der Waals surface area contributed by atoms with Crippen LogP contribution in [0.2, 0.25) is 5.02 Å². The zero-order valence-electron chi connectivity index (χ0n) is 12.6. The fraction of sp³-hybridized carbons (Fsp3) is 0.500. The predicted octanol–water partition coefficient (Wildman–Crippen LogP) is 2.96. The summed E-state index contributed by atoms with van der Waals surface area (Å²) in [7, 11) is 0. The van der Waals surface area contributed by atoms with Gasteiger partial charge in [-0.3, -0.25) is 14.2 Å². The highest BCUT2D eigenvalue weighted by Gasteiger charge is 2.18. The molecule has 0 bridgehead atoms. The Morgan fingerprint density at radius 1 is 1.50 bits per heavy atom. The molecule has 2 heterocycles. The zero-order chi connectivity index (χ0) is 16.1. The second-order valence-electron chi connectivity index (χ2n) is 5.03. The summed E-state index contributed by atoms with van der Waals surface area (Å²) < 4.78 is 4.34. The Hall–Kier alpha value is -1.34. The third kappa shape index (κ3) is 4.33. The van der Waals surface area contributed by atoms with Gasteiger partial charge in [-0.1, -0.05) is 18.5 Å². The summed E-state index contributed by atoms with van der Waals surface area (Å²) in [6, 6.07) is -0.285. The maximum atomic E-state index is 12.2. The summed E-state index contributed by atoms with van der Waals surface area (Å²) in [6.07, 6.45) is 6.77. The third-order valence-electron chi connectivity index (χ3n) is 3.33. The van der Waals surface area contributed by atoms with Crippen molar-refractivity contribution in [3.63, 3.8) is 0 Å². The lowest BCUT2D eigenvalue weighted by Crippen LogP contribution is -2.33. The van der Waals surface area contributed by atoms with Gasteiger partial charge in [-0.25, -0.2) is 0 Å². The van der Waals surface area contributed by atoms with Gasteiger partial charge in [0.15, 0.2) is 0 Å². The van der Waals surface area contributed by atoms with Crippen molar-refractivity contribution in [2.45, 2.75) is 39.3 Å². The first kappa shape index (κ1) is 17.0. The number of carbonyl (C=O) groups is 1. The predicted molar refractivity (Wildman–Crippen MR) is 88.9 cm³/mol. The van der Waals surface area contributed by atoms with E-state index in [4.69, 9.17) is 11.6 Å². The minimum atomic E-state index is -0.285. The minimum absolute atomic E-state index is 0.0206. The number of carbonyl (C=O) groups excluding carboxylic acids is 1. The van der Waals surface area contributed by atoms with Crippen molar-refractivity contribution in [3.8, 4) is 0 Å². The van der Waals surface area contributed by atoms with Gasteiger partial charge in [-0.15, -0.1) is 0 Å². The van der Waals surface area contributed by atoms with Crippen molar-refractivity contribution < 1.29 is 4.79 Å². The van der Waals surface area contributed by atoms with Crippen LogP contribution >= 0.6 is 27.5 Å². The molecule has 120 valence electrons. The van der Waals surface area contributed by atoms with Crippen LogP contribution in [0.15, 0.2) is 23.1 Å². The van der Waals surface area contributed by atoms with Gasteiger partial charge in [-0.05, 0) is 35.7 Å². The SMILES string of the molecule is CCC(C(=O)NCCCn1cc(Cl)c(C)n1)n1cc(Br)cn1. The largest absolute Gasteiger partial charge is 0.354 e. The molecule has 0 saturated heterocycles. The molecular weight excluding hydrogens is 370 g/mol. The summed E-state index contributed by atoms with van der Waals surface area (Å²) in [5.74, 6) is -0.0206. The normalized spacial score (nSPS) is 12.4. The molecule has 1 amide bonds. The Kier molecular flexibility index (Phi) is 6.02. The van der Waals surface area contributed by atoms with Gasteiger partial charge >= 0.3 is 0 Å². The van der Waals surface area contributed by atoms with Crippen molar-refractivity contribution in [2.75, 3.05) is 6.54 Å². The van der Waals surface area contributed by atoms with Gasteiger partial charge < -0.3 is 5.32 Å².